The van der Waals surface area contributed by atoms with E-state index in [4.69, 9.17) is 4.42 Å². The monoisotopic (exact) mass is 450 g/mol. The number of guanidine groups is 1. The van der Waals surface area contributed by atoms with E-state index < -0.39 is 0 Å². The van der Waals surface area contributed by atoms with Gasteiger partial charge in [0.25, 0.3) is 5.91 Å². The Morgan fingerprint density at radius 1 is 1.29 bits per heavy atom. The van der Waals surface area contributed by atoms with Crippen molar-refractivity contribution in [2.75, 3.05) is 20.1 Å². The fourth-order valence-corrected chi connectivity index (χ4v) is 2.00. The average Bonchev–Trinajstić information content (AvgIpc) is 3.01. The molecule has 1 rings (SSSR count). The zero-order valence-corrected chi connectivity index (χ0v) is 17.6. The van der Waals surface area contributed by atoms with Gasteiger partial charge in [0.2, 0.25) is 0 Å². The number of amides is 1. The fraction of sp³-hybridized carbons (Fsp3) is 0.647. The number of hydrogen-bond acceptors (Lipinski definition) is 3. The molecule has 7 heteroatoms. The number of rotatable bonds is 7. The van der Waals surface area contributed by atoms with Gasteiger partial charge in [-0.05, 0) is 37.3 Å². The van der Waals surface area contributed by atoms with Gasteiger partial charge in [-0.3, -0.25) is 9.79 Å². The van der Waals surface area contributed by atoms with Gasteiger partial charge in [-0.1, -0.05) is 20.8 Å². The quantitative estimate of drug-likeness (QED) is 0.258. The molecule has 0 aliphatic carbocycles. The smallest absolute Gasteiger partial charge is 0.287 e. The lowest BCUT2D eigenvalue weighted by Gasteiger charge is -2.23. The Labute approximate surface area is 162 Å². The van der Waals surface area contributed by atoms with Crippen molar-refractivity contribution < 1.29 is 9.21 Å². The summed E-state index contributed by atoms with van der Waals surface area (Å²) in [5.41, 5.74) is 0.336. The van der Waals surface area contributed by atoms with E-state index in [1.807, 2.05) is 0 Å². The first kappa shape index (κ1) is 22.8. The van der Waals surface area contributed by atoms with Crippen molar-refractivity contribution in [3.63, 3.8) is 0 Å². The third-order valence-corrected chi connectivity index (χ3v) is 3.38. The van der Waals surface area contributed by atoms with E-state index in [1.165, 1.54) is 6.26 Å². The second-order valence-corrected chi connectivity index (χ2v) is 6.88. The number of halogens is 1. The van der Waals surface area contributed by atoms with Crippen molar-refractivity contribution in [3.8, 4) is 0 Å². The van der Waals surface area contributed by atoms with E-state index in [1.54, 1.807) is 19.2 Å². The van der Waals surface area contributed by atoms with Crippen LogP contribution in [0.5, 0.6) is 0 Å². The standard InChI is InChI=1S/C17H30N4O2.HI/c1-13(8-9-17(2,3)4)21-16(18-5)20-11-10-19-15(22)14-7-6-12-23-14;/h6-7,12-13H,8-11H2,1-5H3,(H,19,22)(H2,18,20,21);1H. The van der Waals surface area contributed by atoms with E-state index in [2.05, 4.69) is 48.6 Å². The molecule has 0 fully saturated rings. The molecule has 0 bridgehead atoms. The minimum Gasteiger partial charge on any atom is -0.459 e. The summed E-state index contributed by atoms with van der Waals surface area (Å²) in [5, 5.41) is 9.34. The van der Waals surface area contributed by atoms with E-state index >= 15 is 0 Å². The lowest BCUT2D eigenvalue weighted by molar-refractivity contribution is 0.0926. The Morgan fingerprint density at radius 2 is 1.96 bits per heavy atom. The molecular weight excluding hydrogens is 419 g/mol. The van der Waals surface area contributed by atoms with Crippen molar-refractivity contribution in [2.45, 2.75) is 46.6 Å². The van der Waals surface area contributed by atoms with Gasteiger partial charge in [-0.25, -0.2) is 0 Å². The molecule has 1 atom stereocenters. The molecule has 0 aromatic carbocycles. The van der Waals surface area contributed by atoms with E-state index in [-0.39, 0.29) is 29.9 Å². The summed E-state index contributed by atoms with van der Waals surface area (Å²) in [7, 11) is 1.74. The number of furan rings is 1. The number of carbonyl (C=O) groups excluding carboxylic acids is 1. The minimum absolute atomic E-state index is 0. The Morgan fingerprint density at radius 3 is 2.50 bits per heavy atom. The van der Waals surface area contributed by atoms with Crippen LogP contribution in [0.15, 0.2) is 27.8 Å². The third-order valence-electron chi connectivity index (χ3n) is 3.38. The van der Waals surface area contributed by atoms with Crippen LogP contribution in [0.3, 0.4) is 0 Å². The summed E-state index contributed by atoms with van der Waals surface area (Å²) in [5.74, 6) is 0.861. The van der Waals surface area contributed by atoms with Gasteiger partial charge in [0, 0.05) is 26.2 Å². The highest BCUT2D eigenvalue weighted by atomic mass is 127. The lowest BCUT2D eigenvalue weighted by Crippen LogP contribution is -2.45. The van der Waals surface area contributed by atoms with Gasteiger partial charge in [0.05, 0.1) is 6.26 Å². The van der Waals surface area contributed by atoms with Crippen molar-refractivity contribution >= 4 is 35.8 Å². The molecule has 0 aliphatic rings. The van der Waals surface area contributed by atoms with Crippen LogP contribution in [0.2, 0.25) is 0 Å². The number of carbonyl (C=O) groups is 1. The Kier molecular flexibility index (Phi) is 10.7. The van der Waals surface area contributed by atoms with Crippen molar-refractivity contribution in [2.24, 2.45) is 10.4 Å². The first-order chi connectivity index (χ1) is 10.8. The molecule has 6 nitrogen and oxygen atoms in total. The SMILES string of the molecule is CN=C(NCCNC(=O)c1ccco1)NC(C)CCC(C)(C)C.I. The molecule has 0 radical (unpaired) electrons. The van der Waals surface area contributed by atoms with Crippen LogP contribution in [0.4, 0.5) is 0 Å². The first-order valence-corrected chi connectivity index (χ1v) is 8.11. The highest BCUT2D eigenvalue weighted by Gasteiger charge is 2.13. The molecular formula is C17H31IN4O2. The molecule has 0 saturated carbocycles. The van der Waals surface area contributed by atoms with Gasteiger partial charge >= 0.3 is 0 Å². The molecule has 1 heterocycles. The topological polar surface area (TPSA) is 78.7 Å². The predicted molar refractivity (Wildman–Crippen MR) is 109 cm³/mol. The van der Waals surface area contributed by atoms with Crippen molar-refractivity contribution in [1.29, 1.82) is 0 Å². The van der Waals surface area contributed by atoms with Gasteiger partial charge < -0.3 is 20.4 Å². The zero-order valence-electron chi connectivity index (χ0n) is 15.3. The molecule has 0 spiro atoms. The zero-order chi connectivity index (χ0) is 17.3. The number of hydrogen-bond donors (Lipinski definition) is 3. The maximum atomic E-state index is 11.7. The molecule has 0 aliphatic heterocycles. The van der Waals surface area contributed by atoms with Crippen LogP contribution < -0.4 is 16.0 Å². The highest BCUT2D eigenvalue weighted by Crippen LogP contribution is 2.21. The van der Waals surface area contributed by atoms with E-state index in [0.29, 0.717) is 30.3 Å². The van der Waals surface area contributed by atoms with Gasteiger partial charge in [-0.2, -0.15) is 0 Å². The predicted octanol–water partition coefficient (Wildman–Crippen LogP) is 3.01. The minimum atomic E-state index is -0.210. The molecule has 1 amide bonds. The van der Waals surface area contributed by atoms with Crippen molar-refractivity contribution in [1.82, 2.24) is 16.0 Å². The number of nitrogens with zero attached hydrogens (tertiary/aromatic N) is 1. The van der Waals surface area contributed by atoms with Gasteiger partial charge in [0.15, 0.2) is 11.7 Å². The first-order valence-electron chi connectivity index (χ1n) is 8.11. The molecule has 0 saturated heterocycles. The third kappa shape index (κ3) is 9.79. The highest BCUT2D eigenvalue weighted by molar-refractivity contribution is 14.0. The van der Waals surface area contributed by atoms with Crippen LogP contribution in [0.25, 0.3) is 0 Å². The van der Waals surface area contributed by atoms with Crippen LogP contribution in [-0.2, 0) is 0 Å². The second-order valence-electron chi connectivity index (χ2n) is 6.88. The normalized spacial score (nSPS) is 13.0. The van der Waals surface area contributed by atoms with Crippen LogP contribution in [0, 0.1) is 5.41 Å². The number of aliphatic imine (C=N–C) groups is 1. The van der Waals surface area contributed by atoms with Crippen LogP contribution in [0.1, 0.15) is 51.1 Å². The molecule has 1 aromatic heterocycles. The van der Waals surface area contributed by atoms with Crippen LogP contribution >= 0.6 is 24.0 Å². The molecule has 3 N–H and O–H groups in total. The average molecular weight is 450 g/mol. The van der Waals surface area contributed by atoms with Gasteiger partial charge in [0.1, 0.15) is 0 Å². The van der Waals surface area contributed by atoms with E-state index in [0.717, 1.165) is 18.8 Å². The molecule has 24 heavy (non-hydrogen) atoms. The maximum absolute atomic E-state index is 11.7. The fourth-order valence-electron chi connectivity index (χ4n) is 2.00. The Bertz CT molecular complexity index is 495. The summed E-state index contributed by atoms with van der Waals surface area (Å²) in [4.78, 5) is 15.9. The lowest BCUT2D eigenvalue weighted by atomic mass is 9.89. The summed E-state index contributed by atoms with van der Waals surface area (Å²) in [6.45, 7) is 9.98. The Balaban J connectivity index is 0.00000529. The Hall–Kier alpha value is -1.25. The van der Waals surface area contributed by atoms with E-state index in [9.17, 15) is 4.79 Å². The summed E-state index contributed by atoms with van der Waals surface area (Å²) in [6, 6.07) is 3.68. The summed E-state index contributed by atoms with van der Waals surface area (Å²) < 4.78 is 5.03. The molecule has 138 valence electrons. The number of nitrogens with one attached hydrogen (secondary N) is 3. The largest absolute Gasteiger partial charge is 0.459 e. The van der Waals surface area contributed by atoms with Gasteiger partial charge in [-0.15, -0.1) is 24.0 Å². The second kappa shape index (κ2) is 11.3. The summed E-state index contributed by atoms with van der Waals surface area (Å²) in [6.07, 6.45) is 3.72. The van der Waals surface area contributed by atoms with Crippen molar-refractivity contribution in [3.05, 3.63) is 24.2 Å². The summed E-state index contributed by atoms with van der Waals surface area (Å²) >= 11 is 0. The molecule has 1 unspecified atom stereocenters. The molecule has 1 aromatic rings. The van der Waals surface area contributed by atoms with Crippen LogP contribution in [-0.4, -0.2) is 38.0 Å². The maximum Gasteiger partial charge on any atom is 0.287 e.